The predicted octanol–water partition coefficient (Wildman–Crippen LogP) is 2.69. The Balaban J connectivity index is 1.14. The largest absolute Gasteiger partial charge is 0.391 e. The van der Waals surface area contributed by atoms with Gasteiger partial charge in [-0.25, -0.2) is 15.0 Å². The molecule has 1 aromatic heterocycles. The van der Waals surface area contributed by atoms with Gasteiger partial charge in [-0.3, -0.25) is 9.91 Å². The summed E-state index contributed by atoms with van der Waals surface area (Å²) in [5, 5.41) is 24.9. The van der Waals surface area contributed by atoms with Crippen molar-refractivity contribution in [3.8, 4) is 17.3 Å². The molecule has 3 aliphatic heterocycles. The lowest BCUT2D eigenvalue weighted by Gasteiger charge is -2.32. The highest BCUT2D eigenvalue weighted by molar-refractivity contribution is 5.80. The summed E-state index contributed by atoms with van der Waals surface area (Å²) in [5.74, 6) is 0.464. The molecule has 0 amide bonds. The molecular formula is C28H31N9O2. The third kappa shape index (κ3) is 5.84. The number of aliphatic hydroxyl groups excluding tert-OH is 1. The Morgan fingerprint density at radius 3 is 2.69 bits per heavy atom. The minimum Gasteiger partial charge on any atom is -0.391 e. The minimum absolute atomic E-state index is 0.0807. The molecule has 2 unspecified atom stereocenters. The molecule has 0 bridgehead atoms. The molecule has 3 aromatic rings. The van der Waals surface area contributed by atoms with Crippen molar-refractivity contribution >= 4 is 29.3 Å². The van der Waals surface area contributed by atoms with Crippen LogP contribution in [-0.4, -0.2) is 78.1 Å². The molecule has 6 rings (SSSR count). The Kier molecular flexibility index (Phi) is 7.33. The van der Waals surface area contributed by atoms with Crippen molar-refractivity contribution in [2.24, 2.45) is 4.99 Å². The van der Waals surface area contributed by atoms with Gasteiger partial charge in [0.15, 0.2) is 6.29 Å². The minimum atomic E-state index is -0.353. The standard InChI is InChI=1S/C28H31N9O2/c29-17-20-14-21(16-24(15-20)36-9-1-2-25(38)18-36)26-7-8-30-27(33-26)32-22-3-5-23(6-4-22)37-19-31-28(34-37)35-10-12-39-13-11-35/h3-8,14-16,19,25,28,34,38H,1-2,9-13,18H2,(H,30,32,33). The van der Waals surface area contributed by atoms with Gasteiger partial charge >= 0.3 is 0 Å². The van der Waals surface area contributed by atoms with E-state index in [1.807, 2.05) is 59.9 Å². The van der Waals surface area contributed by atoms with Crippen LogP contribution in [0.25, 0.3) is 11.3 Å². The molecule has 200 valence electrons. The number of hydrogen-bond acceptors (Lipinski definition) is 11. The zero-order valence-electron chi connectivity index (χ0n) is 21.6. The van der Waals surface area contributed by atoms with Crippen molar-refractivity contribution in [3.05, 3.63) is 60.3 Å². The monoisotopic (exact) mass is 525 g/mol. The van der Waals surface area contributed by atoms with E-state index in [2.05, 4.69) is 36.6 Å². The fourth-order valence-corrected chi connectivity index (χ4v) is 5.07. The van der Waals surface area contributed by atoms with E-state index in [1.165, 1.54) is 0 Å². The van der Waals surface area contributed by atoms with E-state index in [0.29, 0.717) is 23.8 Å². The van der Waals surface area contributed by atoms with Crippen LogP contribution in [0.1, 0.15) is 18.4 Å². The molecule has 0 radical (unpaired) electrons. The highest BCUT2D eigenvalue weighted by Gasteiger charge is 2.25. The van der Waals surface area contributed by atoms with Crippen molar-refractivity contribution in [1.29, 1.82) is 5.26 Å². The first-order valence-corrected chi connectivity index (χ1v) is 13.2. The number of hydrogen-bond donors (Lipinski definition) is 3. The van der Waals surface area contributed by atoms with Crippen LogP contribution in [0.15, 0.2) is 59.7 Å². The van der Waals surface area contributed by atoms with Gasteiger partial charge in [0.25, 0.3) is 0 Å². The lowest BCUT2D eigenvalue weighted by Crippen LogP contribution is -2.51. The Bertz CT molecular complexity index is 1370. The first-order chi connectivity index (χ1) is 19.1. The number of benzene rings is 2. The van der Waals surface area contributed by atoms with Gasteiger partial charge in [-0.1, -0.05) is 0 Å². The number of nitriles is 1. The van der Waals surface area contributed by atoms with Crippen LogP contribution in [0.4, 0.5) is 23.0 Å². The van der Waals surface area contributed by atoms with Crippen molar-refractivity contribution in [2.75, 3.05) is 54.6 Å². The number of hydrazine groups is 1. The number of β-amino-alcohol motifs (C(OH)–C–C–N with tert-alkyl or cyclic N) is 1. The quantitative estimate of drug-likeness (QED) is 0.442. The van der Waals surface area contributed by atoms with Crippen LogP contribution in [0.5, 0.6) is 0 Å². The maximum absolute atomic E-state index is 10.1. The Morgan fingerprint density at radius 1 is 1.05 bits per heavy atom. The van der Waals surface area contributed by atoms with Gasteiger partial charge in [0, 0.05) is 49.3 Å². The molecule has 2 saturated heterocycles. The lowest BCUT2D eigenvalue weighted by atomic mass is 10.0. The van der Waals surface area contributed by atoms with Crippen molar-refractivity contribution in [1.82, 2.24) is 20.3 Å². The summed E-state index contributed by atoms with van der Waals surface area (Å²) in [6.07, 6.45) is 4.81. The number of ether oxygens (including phenoxy) is 1. The van der Waals surface area contributed by atoms with Gasteiger partial charge in [-0.15, -0.1) is 0 Å². The Labute approximate surface area is 227 Å². The number of aromatic nitrogens is 2. The van der Waals surface area contributed by atoms with Gasteiger partial charge in [0.1, 0.15) is 6.34 Å². The fraction of sp³-hybridized carbons (Fsp3) is 0.357. The Morgan fingerprint density at radius 2 is 1.90 bits per heavy atom. The normalized spacial score (nSPS) is 21.6. The number of nitrogens with zero attached hydrogens (tertiary/aromatic N) is 7. The lowest BCUT2D eigenvalue weighted by molar-refractivity contribution is 0.0134. The highest BCUT2D eigenvalue weighted by atomic mass is 16.5. The van der Waals surface area contributed by atoms with E-state index < -0.39 is 0 Å². The first kappa shape index (κ1) is 25.2. The topological polar surface area (TPSA) is 125 Å². The maximum atomic E-state index is 10.1. The summed E-state index contributed by atoms with van der Waals surface area (Å²) in [4.78, 5) is 18.1. The second-order valence-corrected chi connectivity index (χ2v) is 9.85. The van der Waals surface area contributed by atoms with Crippen LogP contribution in [-0.2, 0) is 4.74 Å². The number of aliphatic hydroxyl groups is 1. The number of morpholine rings is 1. The molecule has 3 N–H and O–H groups in total. The number of aliphatic imine (C=N–C) groups is 1. The SMILES string of the molecule is N#Cc1cc(-c2ccnc(Nc3ccc(N4C=NC(N5CCOCC5)N4)cc3)n2)cc(N2CCCC(O)C2)c1. The molecule has 2 fully saturated rings. The van der Waals surface area contributed by atoms with Crippen LogP contribution in [0.2, 0.25) is 0 Å². The van der Waals surface area contributed by atoms with E-state index in [4.69, 9.17) is 9.72 Å². The molecule has 11 heteroatoms. The summed E-state index contributed by atoms with van der Waals surface area (Å²) < 4.78 is 5.43. The number of anilines is 4. The molecule has 0 spiro atoms. The summed E-state index contributed by atoms with van der Waals surface area (Å²) >= 11 is 0. The van der Waals surface area contributed by atoms with Gasteiger partial charge in [-0.2, -0.15) is 10.7 Å². The Hall–Kier alpha value is -4.08. The summed E-state index contributed by atoms with van der Waals surface area (Å²) in [5.41, 5.74) is 8.25. The van der Waals surface area contributed by atoms with Crippen LogP contribution >= 0.6 is 0 Å². The summed E-state index contributed by atoms with van der Waals surface area (Å²) in [6.45, 7) is 4.58. The van der Waals surface area contributed by atoms with Crippen molar-refractivity contribution in [2.45, 2.75) is 25.2 Å². The highest BCUT2D eigenvalue weighted by Crippen LogP contribution is 2.29. The third-order valence-electron chi connectivity index (χ3n) is 7.13. The zero-order valence-corrected chi connectivity index (χ0v) is 21.6. The first-order valence-electron chi connectivity index (χ1n) is 13.2. The molecule has 4 heterocycles. The predicted molar refractivity (Wildman–Crippen MR) is 150 cm³/mol. The fourth-order valence-electron chi connectivity index (χ4n) is 5.07. The zero-order chi connectivity index (χ0) is 26.6. The van der Waals surface area contributed by atoms with Crippen molar-refractivity contribution in [3.63, 3.8) is 0 Å². The van der Waals surface area contributed by atoms with Gasteiger partial charge in [0.2, 0.25) is 5.95 Å². The van der Waals surface area contributed by atoms with Crippen LogP contribution in [0.3, 0.4) is 0 Å². The van der Waals surface area contributed by atoms with Gasteiger partial charge < -0.3 is 20.1 Å². The molecule has 0 aliphatic carbocycles. The van der Waals surface area contributed by atoms with E-state index >= 15 is 0 Å². The molecule has 0 saturated carbocycles. The van der Waals surface area contributed by atoms with E-state index in [1.54, 1.807) is 6.20 Å². The number of piperidine rings is 1. The van der Waals surface area contributed by atoms with Gasteiger partial charge in [-0.05, 0) is 61.4 Å². The van der Waals surface area contributed by atoms with E-state index in [-0.39, 0.29) is 12.4 Å². The smallest absolute Gasteiger partial charge is 0.227 e. The van der Waals surface area contributed by atoms with E-state index in [9.17, 15) is 10.4 Å². The molecule has 3 aliphatic rings. The average Bonchev–Trinajstić information content (AvgIpc) is 3.48. The second kappa shape index (κ2) is 11.3. The van der Waals surface area contributed by atoms with Crippen LogP contribution < -0.4 is 20.7 Å². The molecule has 39 heavy (non-hydrogen) atoms. The molecular weight excluding hydrogens is 494 g/mol. The van der Waals surface area contributed by atoms with E-state index in [0.717, 1.165) is 68.3 Å². The van der Waals surface area contributed by atoms with Crippen molar-refractivity contribution < 1.29 is 9.84 Å². The molecule has 11 nitrogen and oxygen atoms in total. The summed E-state index contributed by atoms with van der Waals surface area (Å²) in [7, 11) is 0. The molecule has 2 aromatic carbocycles. The summed E-state index contributed by atoms with van der Waals surface area (Å²) in [6, 6.07) is 17.8. The average molecular weight is 526 g/mol. The maximum Gasteiger partial charge on any atom is 0.227 e. The third-order valence-corrected chi connectivity index (χ3v) is 7.13. The number of nitrogens with one attached hydrogen (secondary N) is 2. The van der Waals surface area contributed by atoms with Gasteiger partial charge in [0.05, 0.1) is 42.3 Å². The number of rotatable bonds is 6. The van der Waals surface area contributed by atoms with Crippen LogP contribution in [0, 0.1) is 11.3 Å². The molecule has 2 atom stereocenters. The second-order valence-electron chi connectivity index (χ2n) is 9.85.